The number of aliphatic hydroxyl groups is 1. The Hall–Kier alpha value is -1.43. The largest absolute Gasteiger partial charge is 0.469 e. The second-order valence-corrected chi connectivity index (χ2v) is 7.94. The van der Waals surface area contributed by atoms with Crippen LogP contribution in [-0.4, -0.2) is 42.3 Å². The summed E-state index contributed by atoms with van der Waals surface area (Å²) in [6, 6.07) is 0. The minimum atomic E-state index is -0.706. The number of hydrogen-bond donors (Lipinski definition) is 1. The molecule has 0 aromatic carbocycles. The Kier molecular flexibility index (Phi) is 12.8. The molecule has 1 aliphatic rings. The van der Waals surface area contributed by atoms with Crippen molar-refractivity contribution in [2.75, 3.05) is 7.11 Å². The molecule has 0 spiro atoms. The number of esters is 1. The zero-order chi connectivity index (χ0) is 21.5. The summed E-state index contributed by atoms with van der Waals surface area (Å²) in [6.07, 6.45) is 19.2. The standard InChI is InChI=1S/C24H40O5/c1-5-6-7-8-12-15-18-21-23(29-24(2,3)28-21)20(25)17-14-11-9-10-13-16-19-22(26)27-4/h9-10,12,14-15,17,20-21,23,25H,5-8,11,13,16,18-19H2,1-4H3/b10-9-,15-12-,17-14-/t20-,21-,23-/m1/s1. The van der Waals surface area contributed by atoms with Gasteiger partial charge in [0.15, 0.2) is 5.79 Å². The average Bonchev–Trinajstić information content (AvgIpc) is 3.00. The number of hydrogen-bond acceptors (Lipinski definition) is 5. The van der Waals surface area contributed by atoms with Gasteiger partial charge in [-0.05, 0) is 52.4 Å². The Morgan fingerprint density at radius 2 is 1.79 bits per heavy atom. The molecule has 1 rings (SSSR count). The molecule has 1 heterocycles. The van der Waals surface area contributed by atoms with E-state index in [4.69, 9.17) is 9.47 Å². The van der Waals surface area contributed by atoms with Crippen LogP contribution in [0.5, 0.6) is 0 Å². The van der Waals surface area contributed by atoms with Gasteiger partial charge in [0, 0.05) is 6.42 Å². The molecule has 29 heavy (non-hydrogen) atoms. The van der Waals surface area contributed by atoms with E-state index < -0.39 is 11.9 Å². The Balaban J connectivity index is 2.39. The lowest BCUT2D eigenvalue weighted by Crippen LogP contribution is -2.33. The van der Waals surface area contributed by atoms with Crippen LogP contribution in [0.15, 0.2) is 36.5 Å². The van der Waals surface area contributed by atoms with E-state index in [-0.39, 0.29) is 18.2 Å². The maximum Gasteiger partial charge on any atom is 0.305 e. The van der Waals surface area contributed by atoms with Crippen molar-refractivity contribution in [1.29, 1.82) is 0 Å². The molecule has 1 N–H and O–H groups in total. The quantitative estimate of drug-likeness (QED) is 0.242. The van der Waals surface area contributed by atoms with Gasteiger partial charge in [0.1, 0.15) is 12.2 Å². The van der Waals surface area contributed by atoms with Gasteiger partial charge in [0.05, 0.1) is 13.2 Å². The summed E-state index contributed by atoms with van der Waals surface area (Å²) in [5, 5.41) is 10.6. The summed E-state index contributed by atoms with van der Waals surface area (Å²) < 4.78 is 16.5. The van der Waals surface area contributed by atoms with E-state index in [9.17, 15) is 9.90 Å². The van der Waals surface area contributed by atoms with Gasteiger partial charge in [-0.1, -0.05) is 56.2 Å². The normalized spacial score (nSPS) is 22.8. The topological polar surface area (TPSA) is 65.0 Å². The van der Waals surface area contributed by atoms with Crippen LogP contribution in [0.3, 0.4) is 0 Å². The smallest absolute Gasteiger partial charge is 0.305 e. The van der Waals surface area contributed by atoms with Gasteiger partial charge in [0.2, 0.25) is 0 Å². The minimum absolute atomic E-state index is 0.152. The van der Waals surface area contributed by atoms with Crippen LogP contribution in [0, 0.1) is 0 Å². The zero-order valence-electron chi connectivity index (χ0n) is 18.6. The highest BCUT2D eigenvalue weighted by Gasteiger charge is 2.43. The summed E-state index contributed by atoms with van der Waals surface area (Å²) in [5.74, 6) is -0.854. The highest BCUT2D eigenvalue weighted by molar-refractivity contribution is 5.69. The highest BCUT2D eigenvalue weighted by Crippen LogP contribution is 2.32. The number of carbonyl (C=O) groups is 1. The minimum Gasteiger partial charge on any atom is -0.469 e. The lowest BCUT2D eigenvalue weighted by Gasteiger charge is -2.19. The van der Waals surface area contributed by atoms with Gasteiger partial charge >= 0.3 is 5.97 Å². The van der Waals surface area contributed by atoms with Gasteiger partial charge in [-0.15, -0.1) is 0 Å². The van der Waals surface area contributed by atoms with Crippen LogP contribution in [0.4, 0.5) is 0 Å². The van der Waals surface area contributed by atoms with E-state index in [2.05, 4.69) is 23.8 Å². The molecule has 0 unspecified atom stereocenters. The van der Waals surface area contributed by atoms with E-state index in [1.807, 2.05) is 32.1 Å². The van der Waals surface area contributed by atoms with Crippen LogP contribution < -0.4 is 0 Å². The summed E-state index contributed by atoms with van der Waals surface area (Å²) >= 11 is 0. The van der Waals surface area contributed by atoms with E-state index in [0.29, 0.717) is 6.42 Å². The van der Waals surface area contributed by atoms with Crippen molar-refractivity contribution in [3.8, 4) is 0 Å². The first kappa shape index (κ1) is 25.6. The Morgan fingerprint density at radius 1 is 1.07 bits per heavy atom. The second-order valence-electron chi connectivity index (χ2n) is 7.94. The number of ether oxygens (including phenoxy) is 3. The molecule has 5 heteroatoms. The van der Waals surface area contributed by atoms with E-state index in [0.717, 1.165) is 32.1 Å². The number of carbonyl (C=O) groups excluding carboxylic acids is 1. The molecule has 0 aliphatic carbocycles. The molecule has 0 aromatic heterocycles. The first-order valence-corrected chi connectivity index (χ1v) is 11.0. The predicted octanol–water partition coefficient (Wildman–Crippen LogP) is 5.24. The summed E-state index contributed by atoms with van der Waals surface area (Å²) in [7, 11) is 1.41. The number of aliphatic hydroxyl groups excluding tert-OH is 1. The molecule has 3 atom stereocenters. The van der Waals surface area contributed by atoms with Crippen molar-refractivity contribution in [1.82, 2.24) is 0 Å². The van der Waals surface area contributed by atoms with Gasteiger partial charge < -0.3 is 19.3 Å². The third kappa shape index (κ3) is 11.4. The van der Waals surface area contributed by atoms with Gasteiger partial charge in [-0.25, -0.2) is 0 Å². The number of allylic oxidation sites excluding steroid dienone is 4. The molecular weight excluding hydrogens is 368 g/mol. The Labute approximate surface area is 176 Å². The predicted molar refractivity (Wildman–Crippen MR) is 116 cm³/mol. The SMILES string of the molecule is CCCCC/C=C\C[C@H]1OC(C)(C)O[C@@H]1[C@H](O)/C=C\C/C=C\CCCC(=O)OC. The summed E-state index contributed by atoms with van der Waals surface area (Å²) in [4.78, 5) is 11.0. The Bertz CT molecular complexity index is 535. The molecule has 166 valence electrons. The highest BCUT2D eigenvalue weighted by atomic mass is 16.8. The fourth-order valence-electron chi connectivity index (χ4n) is 3.28. The summed E-state index contributed by atoms with van der Waals surface area (Å²) in [6.45, 7) is 5.98. The second kappa shape index (κ2) is 14.5. The molecule has 1 saturated heterocycles. The van der Waals surface area contributed by atoms with Crippen molar-refractivity contribution in [3.63, 3.8) is 0 Å². The van der Waals surface area contributed by atoms with E-state index >= 15 is 0 Å². The summed E-state index contributed by atoms with van der Waals surface area (Å²) in [5.41, 5.74) is 0. The fourth-order valence-corrected chi connectivity index (χ4v) is 3.28. The van der Waals surface area contributed by atoms with Crippen LogP contribution in [-0.2, 0) is 19.0 Å². The van der Waals surface area contributed by atoms with E-state index in [1.54, 1.807) is 6.08 Å². The fraction of sp³-hybridized carbons (Fsp3) is 0.708. The van der Waals surface area contributed by atoms with Crippen molar-refractivity contribution in [2.24, 2.45) is 0 Å². The van der Waals surface area contributed by atoms with Gasteiger partial charge in [0.25, 0.3) is 0 Å². The molecule has 5 nitrogen and oxygen atoms in total. The maximum absolute atomic E-state index is 11.0. The van der Waals surface area contributed by atoms with Crippen molar-refractivity contribution >= 4 is 5.97 Å². The number of rotatable bonds is 14. The molecule has 0 saturated carbocycles. The number of methoxy groups -OCH3 is 1. The van der Waals surface area contributed by atoms with E-state index in [1.165, 1.54) is 26.4 Å². The van der Waals surface area contributed by atoms with Crippen LogP contribution >= 0.6 is 0 Å². The lowest BCUT2D eigenvalue weighted by atomic mass is 10.0. The molecule has 1 aliphatic heterocycles. The zero-order valence-corrected chi connectivity index (χ0v) is 18.6. The van der Waals surface area contributed by atoms with Crippen LogP contribution in [0.25, 0.3) is 0 Å². The molecule has 0 amide bonds. The molecular formula is C24H40O5. The lowest BCUT2D eigenvalue weighted by molar-refractivity contribution is -0.152. The maximum atomic E-state index is 11.0. The van der Waals surface area contributed by atoms with Crippen LogP contribution in [0.2, 0.25) is 0 Å². The monoisotopic (exact) mass is 408 g/mol. The third-order valence-electron chi connectivity index (χ3n) is 4.82. The molecule has 0 radical (unpaired) electrons. The van der Waals surface area contributed by atoms with Crippen molar-refractivity contribution in [3.05, 3.63) is 36.5 Å². The molecule has 0 aromatic rings. The first-order chi connectivity index (χ1) is 13.9. The van der Waals surface area contributed by atoms with Crippen LogP contribution in [0.1, 0.15) is 78.6 Å². The first-order valence-electron chi connectivity index (χ1n) is 11.0. The van der Waals surface area contributed by atoms with Gasteiger partial charge in [-0.3, -0.25) is 4.79 Å². The molecule has 1 fully saturated rings. The van der Waals surface area contributed by atoms with Crippen molar-refractivity contribution in [2.45, 2.75) is 103 Å². The average molecular weight is 409 g/mol. The Morgan fingerprint density at radius 3 is 2.52 bits per heavy atom. The third-order valence-corrected chi connectivity index (χ3v) is 4.82. The molecule has 0 bridgehead atoms. The van der Waals surface area contributed by atoms with Gasteiger partial charge in [-0.2, -0.15) is 0 Å². The van der Waals surface area contributed by atoms with Crippen molar-refractivity contribution < 1.29 is 24.1 Å². The number of unbranched alkanes of at least 4 members (excludes halogenated alkanes) is 4.